The van der Waals surface area contributed by atoms with E-state index in [0.29, 0.717) is 23.9 Å². The molecular weight excluding hydrogens is 422 g/mol. The lowest BCUT2D eigenvalue weighted by molar-refractivity contribution is -0.134. The lowest BCUT2D eigenvalue weighted by Gasteiger charge is -2.24. The number of hydrogen-bond donors (Lipinski definition) is 0. The summed E-state index contributed by atoms with van der Waals surface area (Å²) in [6.45, 7) is 0.834. The van der Waals surface area contributed by atoms with Crippen LogP contribution in [0.3, 0.4) is 0 Å². The molecule has 0 aliphatic rings. The smallest absolute Gasteiger partial charge is 0.261 e. The molecule has 1 amide bonds. The average Bonchev–Trinajstić information content (AvgIpc) is 2.83. The van der Waals surface area contributed by atoms with Crippen molar-refractivity contribution in [3.8, 4) is 11.5 Å². The number of halogens is 1. The van der Waals surface area contributed by atoms with E-state index in [9.17, 15) is 4.79 Å². The third-order valence-corrected chi connectivity index (χ3v) is 5.63. The Balaban J connectivity index is 1.57. The summed E-state index contributed by atoms with van der Waals surface area (Å²) in [5, 5.41) is 2.76. The number of carbonyl (C=O) groups is 1. The molecule has 0 bridgehead atoms. The zero-order chi connectivity index (χ0) is 22.3. The molecule has 0 fully saturated rings. The van der Waals surface area contributed by atoms with Crippen molar-refractivity contribution in [2.45, 2.75) is 13.1 Å². The van der Waals surface area contributed by atoms with Crippen LogP contribution < -0.4 is 9.47 Å². The highest BCUT2D eigenvalue weighted by Crippen LogP contribution is 2.24. The Bertz CT molecular complexity index is 1200. The van der Waals surface area contributed by atoms with Crippen molar-refractivity contribution in [2.75, 3.05) is 13.7 Å². The molecule has 32 heavy (non-hydrogen) atoms. The summed E-state index contributed by atoms with van der Waals surface area (Å²) in [6, 6.07) is 29.3. The fourth-order valence-corrected chi connectivity index (χ4v) is 3.80. The molecule has 0 radical (unpaired) electrons. The van der Waals surface area contributed by atoms with Crippen LogP contribution in [-0.4, -0.2) is 24.5 Å². The van der Waals surface area contributed by atoms with Gasteiger partial charge in [-0.05, 0) is 46.2 Å². The summed E-state index contributed by atoms with van der Waals surface area (Å²) in [7, 11) is 1.64. The summed E-state index contributed by atoms with van der Waals surface area (Å²) in [6.07, 6.45) is 0. The maximum atomic E-state index is 13.2. The number of ether oxygens (including phenoxy) is 2. The molecule has 0 aliphatic carbocycles. The van der Waals surface area contributed by atoms with Crippen LogP contribution in [0.25, 0.3) is 10.8 Å². The minimum atomic E-state index is -0.117. The Morgan fingerprint density at radius 1 is 0.844 bits per heavy atom. The molecule has 5 heteroatoms. The minimum absolute atomic E-state index is 0.0926. The molecule has 0 aromatic heterocycles. The van der Waals surface area contributed by atoms with E-state index in [1.807, 2.05) is 54.6 Å². The van der Waals surface area contributed by atoms with E-state index in [0.717, 1.165) is 27.6 Å². The third-order valence-electron chi connectivity index (χ3n) is 5.31. The first-order valence-electron chi connectivity index (χ1n) is 10.4. The number of rotatable bonds is 8. The number of fused-ring (bicyclic) bond motifs is 1. The lowest BCUT2D eigenvalue weighted by atomic mass is 10.0. The Labute approximate surface area is 193 Å². The van der Waals surface area contributed by atoms with Crippen LogP contribution in [0.1, 0.15) is 11.1 Å². The van der Waals surface area contributed by atoms with Gasteiger partial charge in [-0.1, -0.05) is 78.3 Å². The second-order valence-electron chi connectivity index (χ2n) is 7.46. The molecule has 4 nitrogen and oxygen atoms in total. The molecule has 162 valence electrons. The van der Waals surface area contributed by atoms with Gasteiger partial charge in [0.2, 0.25) is 0 Å². The van der Waals surface area contributed by atoms with Gasteiger partial charge in [0.05, 0.1) is 12.1 Å². The van der Waals surface area contributed by atoms with E-state index < -0.39 is 0 Å². The zero-order valence-corrected chi connectivity index (χ0v) is 18.6. The maximum absolute atomic E-state index is 13.2. The van der Waals surface area contributed by atoms with Crippen molar-refractivity contribution in [3.05, 3.63) is 107 Å². The quantitative estimate of drug-likeness (QED) is 0.328. The molecule has 0 saturated carbocycles. The molecular formula is C27H24ClNO3. The Hall–Kier alpha value is -3.50. The van der Waals surface area contributed by atoms with Gasteiger partial charge in [-0.3, -0.25) is 4.79 Å². The van der Waals surface area contributed by atoms with Gasteiger partial charge in [-0.25, -0.2) is 0 Å². The van der Waals surface area contributed by atoms with Crippen molar-refractivity contribution in [2.24, 2.45) is 0 Å². The Morgan fingerprint density at radius 2 is 1.56 bits per heavy atom. The van der Waals surface area contributed by atoms with Gasteiger partial charge < -0.3 is 14.4 Å². The molecule has 0 unspecified atom stereocenters. The monoisotopic (exact) mass is 445 g/mol. The third kappa shape index (κ3) is 5.21. The summed E-state index contributed by atoms with van der Waals surface area (Å²) in [5.74, 6) is 1.16. The molecule has 0 spiro atoms. The van der Waals surface area contributed by atoms with Gasteiger partial charge in [0.25, 0.3) is 5.91 Å². The van der Waals surface area contributed by atoms with Crippen LogP contribution in [0, 0.1) is 0 Å². The highest BCUT2D eigenvalue weighted by Gasteiger charge is 2.17. The van der Waals surface area contributed by atoms with Gasteiger partial charge in [-0.2, -0.15) is 0 Å². The first-order chi connectivity index (χ1) is 15.6. The van der Waals surface area contributed by atoms with Crippen LogP contribution in [0.4, 0.5) is 0 Å². The van der Waals surface area contributed by atoms with E-state index in [4.69, 9.17) is 21.1 Å². The van der Waals surface area contributed by atoms with E-state index in [-0.39, 0.29) is 12.5 Å². The summed E-state index contributed by atoms with van der Waals surface area (Å²) >= 11 is 6.18. The number of para-hydroxylation sites is 1. The molecule has 4 rings (SSSR count). The predicted molar refractivity (Wildman–Crippen MR) is 128 cm³/mol. The van der Waals surface area contributed by atoms with Crippen molar-refractivity contribution >= 4 is 28.3 Å². The first kappa shape index (κ1) is 21.7. The number of amides is 1. The Kier molecular flexibility index (Phi) is 6.93. The Morgan fingerprint density at radius 3 is 2.34 bits per heavy atom. The predicted octanol–water partition coefficient (Wildman–Crippen LogP) is 6.11. The van der Waals surface area contributed by atoms with Crippen molar-refractivity contribution in [1.29, 1.82) is 0 Å². The fourth-order valence-electron chi connectivity index (χ4n) is 3.61. The number of benzene rings is 4. The number of nitrogens with zero attached hydrogens (tertiary/aromatic N) is 1. The van der Waals surface area contributed by atoms with Crippen LogP contribution in [-0.2, 0) is 17.9 Å². The molecule has 0 atom stereocenters. The van der Waals surface area contributed by atoms with Crippen molar-refractivity contribution < 1.29 is 14.3 Å². The normalized spacial score (nSPS) is 10.7. The highest BCUT2D eigenvalue weighted by atomic mass is 35.5. The standard InChI is InChI=1S/C27H24ClNO3/c1-31-23-15-13-20(14-16-23)17-29(27(30)19-32-26-12-5-4-11-25(26)28)18-22-9-6-8-21-7-2-3-10-24(21)22/h2-16H,17-19H2,1H3. The maximum Gasteiger partial charge on any atom is 0.261 e. The second-order valence-corrected chi connectivity index (χ2v) is 7.86. The summed E-state index contributed by atoms with van der Waals surface area (Å²) < 4.78 is 11.0. The van der Waals surface area contributed by atoms with Crippen molar-refractivity contribution in [1.82, 2.24) is 4.90 Å². The second kappa shape index (κ2) is 10.2. The molecule has 0 saturated heterocycles. The van der Waals surface area contributed by atoms with E-state index >= 15 is 0 Å². The van der Waals surface area contributed by atoms with Crippen LogP contribution >= 0.6 is 11.6 Å². The van der Waals surface area contributed by atoms with E-state index in [2.05, 4.69) is 24.3 Å². The van der Waals surface area contributed by atoms with Crippen LogP contribution in [0.2, 0.25) is 5.02 Å². The van der Waals surface area contributed by atoms with Crippen LogP contribution in [0.5, 0.6) is 11.5 Å². The van der Waals surface area contributed by atoms with Gasteiger partial charge >= 0.3 is 0 Å². The fraction of sp³-hybridized carbons (Fsp3) is 0.148. The zero-order valence-electron chi connectivity index (χ0n) is 17.8. The number of hydrogen-bond acceptors (Lipinski definition) is 3. The van der Waals surface area contributed by atoms with Gasteiger partial charge in [0, 0.05) is 13.1 Å². The average molecular weight is 446 g/mol. The summed E-state index contributed by atoms with van der Waals surface area (Å²) in [4.78, 5) is 15.0. The highest BCUT2D eigenvalue weighted by molar-refractivity contribution is 6.32. The minimum Gasteiger partial charge on any atom is -0.497 e. The summed E-state index contributed by atoms with van der Waals surface area (Å²) in [5.41, 5.74) is 2.10. The topological polar surface area (TPSA) is 38.8 Å². The lowest BCUT2D eigenvalue weighted by Crippen LogP contribution is -2.34. The molecule has 0 aliphatic heterocycles. The molecule has 0 heterocycles. The van der Waals surface area contributed by atoms with Gasteiger partial charge in [0.1, 0.15) is 11.5 Å². The molecule has 4 aromatic rings. The largest absolute Gasteiger partial charge is 0.497 e. The van der Waals surface area contributed by atoms with Gasteiger partial charge in [0.15, 0.2) is 6.61 Å². The number of methoxy groups -OCH3 is 1. The first-order valence-corrected chi connectivity index (χ1v) is 10.8. The number of carbonyl (C=O) groups excluding carboxylic acids is 1. The van der Waals surface area contributed by atoms with Crippen LogP contribution in [0.15, 0.2) is 91.0 Å². The van der Waals surface area contributed by atoms with Gasteiger partial charge in [-0.15, -0.1) is 0 Å². The van der Waals surface area contributed by atoms with Crippen molar-refractivity contribution in [3.63, 3.8) is 0 Å². The SMILES string of the molecule is COc1ccc(CN(Cc2cccc3ccccc23)C(=O)COc2ccccc2Cl)cc1. The van der Waals surface area contributed by atoms with E-state index in [1.54, 1.807) is 24.1 Å². The molecule has 4 aromatic carbocycles. The van der Waals surface area contributed by atoms with E-state index in [1.165, 1.54) is 0 Å². The molecule has 0 N–H and O–H groups in total.